The normalized spacial score (nSPS) is 20.0. The number of Topliss-reactive ketones (excluding diaryl/α,β-unsaturated/α-hetero) is 1. The van der Waals surface area contributed by atoms with Crippen LogP contribution in [-0.2, 0) is 0 Å². The summed E-state index contributed by atoms with van der Waals surface area (Å²) in [6.45, 7) is 12.0. The number of likely N-dealkylation sites (tertiary alicyclic amines) is 1. The van der Waals surface area contributed by atoms with Crippen molar-refractivity contribution in [2.24, 2.45) is 10.8 Å². The number of nitrogens with zero attached hydrogens (tertiary/aromatic N) is 1. The average Bonchev–Trinajstić information content (AvgIpc) is 2.60. The molecule has 1 saturated heterocycles. The van der Waals surface area contributed by atoms with Gasteiger partial charge in [0.25, 0.3) is 0 Å². The van der Waals surface area contributed by atoms with E-state index in [9.17, 15) is 4.79 Å². The maximum Gasteiger partial charge on any atom is 0.169 e. The zero-order valence-electron chi connectivity index (χ0n) is 14.0. The Labute approximate surface area is 129 Å². The lowest BCUT2D eigenvalue weighted by Crippen LogP contribution is -2.40. The van der Waals surface area contributed by atoms with Crippen LogP contribution in [-0.4, -0.2) is 30.3 Å². The number of benzene rings is 1. The van der Waals surface area contributed by atoms with Crippen molar-refractivity contribution in [3.05, 3.63) is 35.9 Å². The van der Waals surface area contributed by atoms with E-state index < -0.39 is 0 Å². The van der Waals surface area contributed by atoms with Crippen LogP contribution < -0.4 is 0 Å². The third-order valence-corrected chi connectivity index (χ3v) is 4.70. The first-order valence-electron chi connectivity index (χ1n) is 8.12. The highest BCUT2D eigenvalue weighted by molar-refractivity contribution is 6.00. The SMILES string of the molecule is CC1(C)CCCN(CC(C)(C)C(=O)c2ccccc2)CC1. The highest BCUT2D eigenvalue weighted by Crippen LogP contribution is 2.31. The van der Waals surface area contributed by atoms with Crippen LogP contribution in [0.3, 0.4) is 0 Å². The molecule has 1 fully saturated rings. The molecule has 0 aliphatic carbocycles. The third kappa shape index (κ3) is 4.41. The van der Waals surface area contributed by atoms with Crippen LogP contribution in [0.25, 0.3) is 0 Å². The topological polar surface area (TPSA) is 20.3 Å². The summed E-state index contributed by atoms with van der Waals surface area (Å²) in [5.41, 5.74) is 0.954. The van der Waals surface area contributed by atoms with Crippen LogP contribution in [0.1, 0.15) is 57.3 Å². The predicted molar refractivity (Wildman–Crippen MR) is 88.6 cm³/mol. The molecule has 0 radical (unpaired) electrons. The molecule has 1 aliphatic rings. The molecule has 116 valence electrons. The third-order valence-electron chi connectivity index (χ3n) is 4.70. The second-order valence-electron chi connectivity index (χ2n) is 7.87. The second kappa shape index (κ2) is 6.31. The van der Waals surface area contributed by atoms with Crippen molar-refractivity contribution >= 4 is 5.78 Å². The summed E-state index contributed by atoms with van der Waals surface area (Å²) in [7, 11) is 0. The van der Waals surface area contributed by atoms with Gasteiger partial charge < -0.3 is 4.90 Å². The smallest absolute Gasteiger partial charge is 0.169 e. The zero-order valence-corrected chi connectivity index (χ0v) is 14.0. The van der Waals surface area contributed by atoms with Crippen molar-refractivity contribution < 1.29 is 4.79 Å². The Morgan fingerprint density at radius 3 is 2.48 bits per heavy atom. The average molecular weight is 287 g/mol. The van der Waals surface area contributed by atoms with Gasteiger partial charge in [0.05, 0.1) is 0 Å². The van der Waals surface area contributed by atoms with Gasteiger partial charge in [-0.05, 0) is 37.8 Å². The fourth-order valence-corrected chi connectivity index (χ4v) is 3.25. The lowest BCUT2D eigenvalue weighted by Gasteiger charge is -2.31. The van der Waals surface area contributed by atoms with Crippen LogP contribution in [0.2, 0.25) is 0 Å². The van der Waals surface area contributed by atoms with E-state index in [1.807, 2.05) is 30.3 Å². The summed E-state index contributed by atoms with van der Waals surface area (Å²) in [5, 5.41) is 0. The molecule has 0 saturated carbocycles. The van der Waals surface area contributed by atoms with Crippen LogP contribution >= 0.6 is 0 Å². The van der Waals surface area contributed by atoms with Gasteiger partial charge in [0.1, 0.15) is 0 Å². The second-order valence-corrected chi connectivity index (χ2v) is 7.87. The van der Waals surface area contributed by atoms with E-state index in [0.29, 0.717) is 5.41 Å². The van der Waals surface area contributed by atoms with Gasteiger partial charge >= 0.3 is 0 Å². The molecule has 0 amide bonds. The van der Waals surface area contributed by atoms with Gasteiger partial charge in [-0.1, -0.05) is 58.0 Å². The van der Waals surface area contributed by atoms with Gasteiger partial charge in [0, 0.05) is 17.5 Å². The Hall–Kier alpha value is -1.15. The number of rotatable bonds is 4. The molecule has 0 aromatic heterocycles. The fourth-order valence-electron chi connectivity index (χ4n) is 3.25. The van der Waals surface area contributed by atoms with Gasteiger partial charge in [0.2, 0.25) is 0 Å². The van der Waals surface area contributed by atoms with Crippen molar-refractivity contribution in [1.82, 2.24) is 4.90 Å². The molecule has 0 spiro atoms. The van der Waals surface area contributed by atoms with Crippen molar-refractivity contribution in [2.45, 2.75) is 47.0 Å². The van der Waals surface area contributed by atoms with Gasteiger partial charge in [0.15, 0.2) is 5.78 Å². The van der Waals surface area contributed by atoms with Gasteiger partial charge in [-0.25, -0.2) is 0 Å². The Morgan fingerprint density at radius 1 is 1.14 bits per heavy atom. The Kier molecular flexibility index (Phi) is 4.88. The molecule has 0 bridgehead atoms. The van der Waals surface area contributed by atoms with Gasteiger partial charge in [-0.15, -0.1) is 0 Å². The summed E-state index contributed by atoms with van der Waals surface area (Å²) >= 11 is 0. The molecule has 2 rings (SSSR count). The Bertz CT molecular complexity index is 476. The molecule has 0 unspecified atom stereocenters. The number of hydrogen-bond acceptors (Lipinski definition) is 2. The highest BCUT2D eigenvalue weighted by atomic mass is 16.1. The Balaban J connectivity index is 2.02. The van der Waals surface area contributed by atoms with E-state index in [1.54, 1.807) is 0 Å². The molecule has 2 nitrogen and oxygen atoms in total. The molecule has 1 aromatic rings. The maximum atomic E-state index is 12.7. The van der Waals surface area contributed by atoms with Crippen LogP contribution in [0, 0.1) is 10.8 Å². The predicted octanol–water partition coefficient (Wildman–Crippen LogP) is 4.41. The minimum absolute atomic E-state index is 0.256. The van der Waals surface area contributed by atoms with E-state index in [-0.39, 0.29) is 11.2 Å². The van der Waals surface area contributed by atoms with Crippen LogP contribution in [0.5, 0.6) is 0 Å². The van der Waals surface area contributed by atoms with E-state index in [1.165, 1.54) is 19.3 Å². The number of carbonyl (C=O) groups excluding carboxylic acids is 1. The van der Waals surface area contributed by atoms with E-state index >= 15 is 0 Å². The lowest BCUT2D eigenvalue weighted by molar-refractivity contribution is 0.0764. The number of ketones is 1. The monoisotopic (exact) mass is 287 g/mol. The summed E-state index contributed by atoms with van der Waals surface area (Å²) in [4.78, 5) is 15.2. The van der Waals surface area contributed by atoms with Crippen molar-refractivity contribution in [1.29, 1.82) is 0 Å². The quantitative estimate of drug-likeness (QED) is 0.765. The highest BCUT2D eigenvalue weighted by Gasteiger charge is 2.32. The van der Waals surface area contributed by atoms with Crippen LogP contribution in [0.15, 0.2) is 30.3 Å². The van der Waals surface area contributed by atoms with E-state index in [2.05, 4.69) is 32.6 Å². The minimum Gasteiger partial charge on any atom is -0.302 e. The molecule has 1 aliphatic heterocycles. The molecule has 0 atom stereocenters. The molecule has 2 heteroatoms. The summed E-state index contributed by atoms with van der Waals surface area (Å²) in [6.07, 6.45) is 3.75. The largest absolute Gasteiger partial charge is 0.302 e. The fraction of sp³-hybridized carbons (Fsp3) is 0.632. The standard InChI is InChI=1S/C19H29NO/c1-18(2)11-8-13-20(14-12-18)15-19(3,4)17(21)16-9-6-5-7-10-16/h5-7,9-10H,8,11-15H2,1-4H3. The molecular weight excluding hydrogens is 258 g/mol. The first-order chi connectivity index (χ1) is 9.80. The van der Waals surface area contributed by atoms with E-state index in [0.717, 1.165) is 25.2 Å². The summed E-state index contributed by atoms with van der Waals surface area (Å²) < 4.78 is 0. The minimum atomic E-state index is -0.324. The summed E-state index contributed by atoms with van der Waals surface area (Å²) in [6, 6.07) is 9.70. The lowest BCUT2D eigenvalue weighted by atomic mass is 9.83. The molecule has 0 N–H and O–H groups in total. The Morgan fingerprint density at radius 2 is 1.81 bits per heavy atom. The first kappa shape index (κ1) is 16.2. The van der Waals surface area contributed by atoms with Gasteiger partial charge in [-0.3, -0.25) is 4.79 Å². The summed E-state index contributed by atoms with van der Waals surface area (Å²) in [5.74, 6) is 0.256. The van der Waals surface area contributed by atoms with Crippen molar-refractivity contribution in [2.75, 3.05) is 19.6 Å². The maximum absolute atomic E-state index is 12.7. The van der Waals surface area contributed by atoms with E-state index in [4.69, 9.17) is 0 Å². The molecule has 1 heterocycles. The molecule has 21 heavy (non-hydrogen) atoms. The molecular formula is C19H29NO. The number of carbonyl (C=O) groups is 1. The van der Waals surface area contributed by atoms with Crippen LogP contribution in [0.4, 0.5) is 0 Å². The van der Waals surface area contributed by atoms with Gasteiger partial charge in [-0.2, -0.15) is 0 Å². The molecule has 1 aromatic carbocycles. The zero-order chi connectivity index (χ0) is 15.5. The van der Waals surface area contributed by atoms with Crippen molar-refractivity contribution in [3.8, 4) is 0 Å². The van der Waals surface area contributed by atoms with Crippen molar-refractivity contribution in [3.63, 3.8) is 0 Å². The first-order valence-corrected chi connectivity index (χ1v) is 8.12. The number of hydrogen-bond donors (Lipinski definition) is 0.